The molecule has 0 aliphatic carbocycles. The molecule has 0 fully saturated rings. The summed E-state index contributed by atoms with van der Waals surface area (Å²) in [6.45, 7) is 3.99. The monoisotopic (exact) mass is 492 g/mol. The number of aromatic nitrogens is 9. The first kappa shape index (κ1) is 22.5. The Hall–Kier alpha value is -4.93. The van der Waals surface area contributed by atoms with Crippen LogP contribution >= 0.6 is 0 Å². The third-order valence-electron chi connectivity index (χ3n) is 6.10. The number of aromatic amines is 2. The van der Waals surface area contributed by atoms with Crippen LogP contribution < -0.4 is 5.32 Å². The minimum Gasteiger partial charge on any atom is -0.336 e. The van der Waals surface area contributed by atoms with Gasteiger partial charge in [-0.3, -0.25) is 19.4 Å². The van der Waals surface area contributed by atoms with Crippen LogP contribution in [0.1, 0.15) is 31.9 Å². The number of hydrogen-bond acceptors (Lipinski definition) is 7. The van der Waals surface area contributed by atoms with Crippen LogP contribution in [0, 0.1) is 6.92 Å². The highest BCUT2D eigenvalue weighted by Crippen LogP contribution is 2.30. The van der Waals surface area contributed by atoms with Crippen LogP contribution in [-0.2, 0) is 4.79 Å². The summed E-state index contributed by atoms with van der Waals surface area (Å²) in [5, 5.41) is 11.2. The Kier molecular flexibility index (Phi) is 5.64. The van der Waals surface area contributed by atoms with E-state index in [2.05, 4.69) is 47.4 Å². The summed E-state index contributed by atoms with van der Waals surface area (Å²) in [6.07, 6.45) is 12.8. The molecule has 0 unspecified atom stereocenters. The van der Waals surface area contributed by atoms with Gasteiger partial charge in [0.25, 0.3) is 0 Å². The number of unbranched alkanes of at least 4 members (excludes halogenated alkanes) is 1. The maximum atomic E-state index is 12.2. The van der Waals surface area contributed by atoms with E-state index in [-0.39, 0.29) is 5.91 Å². The normalized spacial score (nSPS) is 11.4. The zero-order valence-electron chi connectivity index (χ0n) is 20.4. The molecule has 0 radical (unpaired) electrons. The van der Waals surface area contributed by atoms with E-state index in [4.69, 9.17) is 4.98 Å². The molecule has 0 atom stereocenters. The molecule has 6 aromatic heterocycles. The molecule has 0 saturated carbocycles. The Morgan fingerprint density at radius 2 is 2.00 bits per heavy atom. The first-order valence-corrected chi connectivity index (χ1v) is 12.0. The second kappa shape index (κ2) is 9.26. The smallest absolute Gasteiger partial charge is 0.224 e. The van der Waals surface area contributed by atoms with Gasteiger partial charge >= 0.3 is 0 Å². The molecule has 6 heterocycles. The fraction of sp³-hybridized carbons (Fsp3) is 0.192. The van der Waals surface area contributed by atoms with E-state index in [9.17, 15) is 4.79 Å². The van der Waals surface area contributed by atoms with Gasteiger partial charge in [0.15, 0.2) is 17.3 Å². The Bertz CT molecular complexity index is 1750. The summed E-state index contributed by atoms with van der Waals surface area (Å²) < 4.78 is 1.86. The zero-order valence-corrected chi connectivity index (χ0v) is 20.4. The van der Waals surface area contributed by atoms with Crippen LogP contribution in [0.4, 0.5) is 5.69 Å². The van der Waals surface area contributed by atoms with E-state index in [1.165, 1.54) is 0 Å². The van der Waals surface area contributed by atoms with Gasteiger partial charge in [0, 0.05) is 42.3 Å². The van der Waals surface area contributed by atoms with Gasteiger partial charge in [0.05, 0.1) is 28.5 Å². The molecule has 11 nitrogen and oxygen atoms in total. The summed E-state index contributed by atoms with van der Waals surface area (Å²) in [4.78, 5) is 38.0. The van der Waals surface area contributed by atoms with Gasteiger partial charge in [-0.1, -0.05) is 13.3 Å². The standard InChI is InChI=1S/C26H24N10O/c1-3-4-5-21(37)31-18-8-16(10-27-12-18)17-9-19-22(34-35-24(19)29-11-17)25-32-20-6-7-28-26(23(20)33-25)36-13-15(2)30-14-36/h6-14H,3-5H2,1-2H3,(H,31,37)(H,32,33)(H,29,34,35). The van der Waals surface area contributed by atoms with E-state index in [1.807, 2.05) is 35.9 Å². The summed E-state index contributed by atoms with van der Waals surface area (Å²) in [5.41, 5.74) is 6.07. The van der Waals surface area contributed by atoms with Crippen LogP contribution in [0.3, 0.4) is 0 Å². The van der Waals surface area contributed by atoms with Crippen molar-refractivity contribution in [3.8, 4) is 28.5 Å². The molecular weight excluding hydrogens is 468 g/mol. The van der Waals surface area contributed by atoms with Gasteiger partial charge in [-0.25, -0.2) is 19.9 Å². The molecule has 0 bridgehead atoms. The number of anilines is 1. The molecule has 0 aromatic carbocycles. The first-order chi connectivity index (χ1) is 18.1. The highest BCUT2D eigenvalue weighted by atomic mass is 16.1. The minimum atomic E-state index is -0.0175. The van der Waals surface area contributed by atoms with Crippen molar-refractivity contribution in [1.29, 1.82) is 0 Å². The summed E-state index contributed by atoms with van der Waals surface area (Å²) in [6, 6.07) is 5.77. The van der Waals surface area contributed by atoms with Crippen LogP contribution in [0.15, 0.2) is 55.5 Å². The van der Waals surface area contributed by atoms with Crippen molar-refractivity contribution < 1.29 is 4.79 Å². The number of pyridine rings is 3. The Labute approximate surface area is 211 Å². The molecule has 6 aromatic rings. The van der Waals surface area contributed by atoms with Crippen molar-refractivity contribution in [2.75, 3.05) is 5.32 Å². The number of aryl methyl sites for hydroxylation is 1. The predicted octanol–water partition coefficient (Wildman–Crippen LogP) is 4.58. The predicted molar refractivity (Wildman–Crippen MR) is 140 cm³/mol. The third kappa shape index (κ3) is 4.31. The SMILES string of the molecule is CCCCC(=O)Nc1cncc(-c2cnc3n[nH]c(-c4nc5c(-n6cnc(C)c6)nccc5[nH]4)c3c2)c1. The second-order valence-corrected chi connectivity index (χ2v) is 8.85. The Balaban J connectivity index is 1.37. The van der Waals surface area contributed by atoms with Crippen molar-refractivity contribution in [3.05, 3.63) is 61.2 Å². The largest absolute Gasteiger partial charge is 0.336 e. The van der Waals surface area contributed by atoms with Gasteiger partial charge in [0.1, 0.15) is 17.5 Å². The molecule has 0 aliphatic heterocycles. The molecule has 184 valence electrons. The van der Waals surface area contributed by atoms with Crippen LogP contribution in [-0.4, -0.2) is 50.6 Å². The van der Waals surface area contributed by atoms with E-state index in [0.29, 0.717) is 35.1 Å². The first-order valence-electron chi connectivity index (χ1n) is 12.0. The van der Waals surface area contributed by atoms with Crippen molar-refractivity contribution in [1.82, 2.24) is 44.7 Å². The molecule has 0 spiro atoms. The lowest BCUT2D eigenvalue weighted by Crippen LogP contribution is -2.11. The lowest BCUT2D eigenvalue weighted by Gasteiger charge is -2.07. The molecule has 0 saturated heterocycles. The molecule has 0 aliphatic rings. The second-order valence-electron chi connectivity index (χ2n) is 8.85. The summed E-state index contributed by atoms with van der Waals surface area (Å²) in [7, 11) is 0. The third-order valence-corrected chi connectivity index (χ3v) is 6.10. The van der Waals surface area contributed by atoms with Crippen LogP contribution in [0.2, 0.25) is 0 Å². The van der Waals surface area contributed by atoms with Gasteiger partial charge in [-0.05, 0) is 31.5 Å². The number of hydrogen-bond donors (Lipinski definition) is 3. The number of imidazole rings is 2. The van der Waals surface area contributed by atoms with Crippen LogP contribution in [0.25, 0.3) is 50.5 Å². The van der Waals surface area contributed by atoms with Gasteiger partial charge < -0.3 is 10.3 Å². The average Bonchev–Trinajstić information content (AvgIpc) is 3.64. The lowest BCUT2D eigenvalue weighted by atomic mass is 10.1. The maximum Gasteiger partial charge on any atom is 0.224 e. The van der Waals surface area contributed by atoms with Crippen molar-refractivity contribution in [2.45, 2.75) is 33.1 Å². The number of amides is 1. The number of carbonyl (C=O) groups is 1. The zero-order chi connectivity index (χ0) is 25.4. The maximum absolute atomic E-state index is 12.2. The Morgan fingerprint density at radius 3 is 2.84 bits per heavy atom. The number of rotatable bonds is 7. The van der Waals surface area contributed by atoms with E-state index in [1.54, 1.807) is 31.1 Å². The number of carbonyl (C=O) groups excluding carboxylic acids is 1. The molecular formula is C26H24N10O. The lowest BCUT2D eigenvalue weighted by molar-refractivity contribution is -0.116. The fourth-order valence-corrected chi connectivity index (χ4v) is 4.23. The molecule has 6 rings (SSSR count). The van der Waals surface area contributed by atoms with Crippen molar-refractivity contribution in [2.24, 2.45) is 0 Å². The van der Waals surface area contributed by atoms with E-state index < -0.39 is 0 Å². The summed E-state index contributed by atoms with van der Waals surface area (Å²) >= 11 is 0. The quantitative estimate of drug-likeness (QED) is 0.296. The minimum absolute atomic E-state index is 0.0175. The van der Waals surface area contributed by atoms with Gasteiger partial charge in [-0.15, -0.1) is 0 Å². The molecule has 1 amide bonds. The van der Waals surface area contributed by atoms with E-state index >= 15 is 0 Å². The summed E-state index contributed by atoms with van der Waals surface area (Å²) in [5.74, 6) is 1.29. The van der Waals surface area contributed by atoms with E-state index in [0.717, 1.165) is 46.1 Å². The number of nitrogens with one attached hydrogen (secondary N) is 3. The number of H-pyrrole nitrogens is 2. The fourth-order valence-electron chi connectivity index (χ4n) is 4.23. The van der Waals surface area contributed by atoms with Gasteiger partial charge in [-0.2, -0.15) is 5.10 Å². The topological polar surface area (TPSA) is 143 Å². The Morgan fingerprint density at radius 1 is 1.11 bits per heavy atom. The highest BCUT2D eigenvalue weighted by molar-refractivity contribution is 5.95. The highest BCUT2D eigenvalue weighted by Gasteiger charge is 2.17. The molecule has 37 heavy (non-hydrogen) atoms. The molecule has 3 N–H and O–H groups in total. The van der Waals surface area contributed by atoms with Crippen molar-refractivity contribution >= 4 is 33.7 Å². The van der Waals surface area contributed by atoms with Gasteiger partial charge in [0.2, 0.25) is 5.91 Å². The average molecular weight is 493 g/mol. The number of fused-ring (bicyclic) bond motifs is 2. The number of nitrogens with zero attached hydrogens (tertiary/aromatic N) is 7. The van der Waals surface area contributed by atoms with Crippen molar-refractivity contribution in [3.63, 3.8) is 0 Å². The molecule has 11 heteroatoms. The van der Waals surface area contributed by atoms with Crippen LogP contribution in [0.5, 0.6) is 0 Å².